The molecule has 1 atom stereocenters. The highest BCUT2D eigenvalue weighted by Crippen LogP contribution is 2.25. The van der Waals surface area contributed by atoms with Crippen LogP contribution in [0.2, 0.25) is 5.02 Å². The van der Waals surface area contributed by atoms with Gasteiger partial charge >= 0.3 is 0 Å². The van der Waals surface area contributed by atoms with Gasteiger partial charge in [0.15, 0.2) is 0 Å². The summed E-state index contributed by atoms with van der Waals surface area (Å²) < 4.78 is 0. The standard InChI is InChI=1S/C17H22ClN3/c18-17-9-13(10-19)4-5-14(17)12-21-8-2-1-3-16(21)11-20-15-6-7-15/h4-5,9,15-16,20H,1-3,6-8,11-12H2. The highest BCUT2D eigenvalue weighted by atomic mass is 35.5. The van der Waals surface area contributed by atoms with Crippen LogP contribution in [0.3, 0.4) is 0 Å². The number of likely N-dealkylation sites (tertiary alicyclic amines) is 1. The van der Waals surface area contributed by atoms with Crippen molar-refractivity contribution in [3.05, 3.63) is 34.3 Å². The lowest BCUT2D eigenvalue weighted by Gasteiger charge is -2.36. The Balaban J connectivity index is 1.64. The number of rotatable bonds is 5. The Kier molecular flexibility index (Phi) is 4.80. The second kappa shape index (κ2) is 6.79. The second-order valence-corrected chi connectivity index (χ2v) is 6.63. The van der Waals surface area contributed by atoms with E-state index in [1.54, 1.807) is 6.07 Å². The molecule has 0 spiro atoms. The molecule has 1 saturated heterocycles. The molecule has 1 aliphatic heterocycles. The van der Waals surface area contributed by atoms with Crippen molar-refractivity contribution >= 4 is 11.6 Å². The Hall–Kier alpha value is -1.08. The molecule has 3 rings (SSSR count). The number of hydrogen-bond acceptors (Lipinski definition) is 3. The zero-order valence-corrected chi connectivity index (χ0v) is 13.1. The average molecular weight is 304 g/mol. The first-order chi connectivity index (χ1) is 10.3. The monoisotopic (exact) mass is 303 g/mol. The van der Waals surface area contributed by atoms with Gasteiger partial charge in [-0.1, -0.05) is 24.1 Å². The lowest BCUT2D eigenvalue weighted by molar-refractivity contribution is 0.137. The zero-order valence-electron chi connectivity index (χ0n) is 12.3. The van der Waals surface area contributed by atoms with Crippen LogP contribution in [0.4, 0.5) is 0 Å². The Morgan fingerprint density at radius 2 is 2.14 bits per heavy atom. The van der Waals surface area contributed by atoms with Crippen LogP contribution in [-0.4, -0.2) is 30.1 Å². The van der Waals surface area contributed by atoms with E-state index in [4.69, 9.17) is 16.9 Å². The van der Waals surface area contributed by atoms with Gasteiger partial charge in [-0.05, 0) is 49.9 Å². The molecule has 4 heteroatoms. The molecule has 2 fully saturated rings. The Bertz CT molecular complexity index is 533. The van der Waals surface area contributed by atoms with Gasteiger partial charge < -0.3 is 5.32 Å². The zero-order chi connectivity index (χ0) is 14.7. The molecule has 0 bridgehead atoms. The van der Waals surface area contributed by atoms with Crippen molar-refractivity contribution in [3.63, 3.8) is 0 Å². The summed E-state index contributed by atoms with van der Waals surface area (Å²) in [7, 11) is 0. The van der Waals surface area contributed by atoms with E-state index >= 15 is 0 Å². The van der Waals surface area contributed by atoms with Gasteiger partial charge in [-0.25, -0.2) is 0 Å². The number of hydrogen-bond donors (Lipinski definition) is 1. The van der Waals surface area contributed by atoms with E-state index in [2.05, 4.69) is 16.3 Å². The molecular formula is C17H22ClN3. The van der Waals surface area contributed by atoms with E-state index in [0.29, 0.717) is 16.6 Å². The van der Waals surface area contributed by atoms with Crippen LogP contribution < -0.4 is 5.32 Å². The minimum atomic E-state index is 0.617. The van der Waals surface area contributed by atoms with Crippen LogP contribution in [-0.2, 0) is 6.54 Å². The van der Waals surface area contributed by atoms with Crippen LogP contribution >= 0.6 is 11.6 Å². The predicted molar refractivity (Wildman–Crippen MR) is 85.2 cm³/mol. The highest BCUT2D eigenvalue weighted by Gasteiger charge is 2.26. The molecule has 1 unspecified atom stereocenters. The van der Waals surface area contributed by atoms with Crippen molar-refractivity contribution in [2.45, 2.75) is 50.7 Å². The van der Waals surface area contributed by atoms with Gasteiger partial charge in [0.05, 0.1) is 11.6 Å². The van der Waals surface area contributed by atoms with E-state index in [1.165, 1.54) is 32.1 Å². The Morgan fingerprint density at radius 3 is 2.86 bits per heavy atom. The molecule has 1 aliphatic carbocycles. The molecular weight excluding hydrogens is 282 g/mol. The van der Waals surface area contributed by atoms with Crippen molar-refractivity contribution in [1.82, 2.24) is 10.2 Å². The smallest absolute Gasteiger partial charge is 0.0992 e. The van der Waals surface area contributed by atoms with Gasteiger partial charge in [0.2, 0.25) is 0 Å². The summed E-state index contributed by atoms with van der Waals surface area (Å²) in [6.07, 6.45) is 6.55. The van der Waals surface area contributed by atoms with E-state index in [-0.39, 0.29) is 0 Å². The highest BCUT2D eigenvalue weighted by molar-refractivity contribution is 6.31. The molecule has 3 nitrogen and oxygen atoms in total. The molecule has 21 heavy (non-hydrogen) atoms. The number of nitrogens with zero attached hydrogens (tertiary/aromatic N) is 2. The number of nitrogens with one attached hydrogen (secondary N) is 1. The molecule has 112 valence electrons. The minimum Gasteiger partial charge on any atom is -0.312 e. The summed E-state index contributed by atoms with van der Waals surface area (Å²) >= 11 is 6.32. The van der Waals surface area contributed by atoms with Gasteiger partial charge in [-0.15, -0.1) is 0 Å². The minimum absolute atomic E-state index is 0.617. The van der Waals surface area contributed by atoms with Gasteiger partial charge in [0.1, 0.15) is 0 Å². The lowest BCUT2D eigenvalue weighted by atomic mass is 10.0. The number of benzene rings is 1. The number of halogens is 1. The fraction of sp³-hybridized carbons (Fsp3) is 0.588. The number of piperidine rings is 1. The van der Waals surface area contributed by atoms with Crippen molar-refractivity contribution < 1.29 is 0 Å². The first-order valence-corrected chi connectivity index (χ1v) is 8.30. The van der Waals surface area contributed by atoms with E-state index in [9.17, 15) is 0 Å². The van der Waals surface area contributed by atoms with Gasteiger partial charge in [0.25, 0.3) is 0 Å². The third-order valence-corrected chi connectivity index (χ3v) is 4.88. The molecule has 2 aliphatic rings. The molecule has 1 saturated carbocycles. The molecule has 1 aromatic rings. The van der Waals surface area contributed by atoms with Crippen molar-refractivity contribution in [3.8, 4) is 6.07 Å². The fourth-order valence-corrected chi connectivity index (χ4v) is 3.29. The van der Waals surface area contributed by atoms with E-state index in [1.807, 2.05) is 12.1 Å². The third-order valence-electron chi connectivity index (χ3n) is 4.52. The van der Waals surface area contributed by atoms with Crippen molar-refractivity contribution in [1.29, 1.82) is 5.26 Å². The maximum Gasteiger partial charge on any atom is 0.0992 e. The van der Waals surface area contributed by atoms with Gasteiger partial charge in [0, 0.05) is 30.2 Å². The lowest BCUT2D eigenvalue weighted by Crippen LogP contribution is -2.45. The van der Waals surface area contributed by atoms with Crippen LogP contribution in [0.1, 0.15) is 43.2 Å². The second-order valence-electron chi connectivity index (χ2n) is 6.22. The molecule has 1 heterocycles. The van der Waals surface area contributed by atoms with E-state index in [0.717, 1.165) is 31.2 Å². The summed E-state index contributed by atoms with van der Waals surface area (Å²) in [5, 5.41) is 13.3. The van der Waals surface area contributed by atoms with E-state index < -0.39 is 0 Å². The first kappa shape index (κ1) is 14.8. The summed E-state index contributed by atoms with van der Waals surface area (Å²) in [6, 6.07) is 9.17. The Labute approximate surface area is 131 Å². The normalized spacial score (nSPS) is 23.0. The van der Waals surface area contributed by atoms with Gasteiger partial charge in [-0.2, -0.15) is 5.26 Å². The molecule has 0 amide bonds. The maximum absolute atomic E-state index is 8.92. The first-order valence-electron chi connectivity index (χ1n) is 7.92. The summed E-state index contributed by atoms with van der Waals surface area (Å²) in [5.41, 5.74) is 1.77. The molecule has 0 aromatic heterocycles. The molecule has 1 aromatic carbocycles. The topological polar surface area (TPSA) is 39.1 Å². The Morgan fingerprint density at radius 1 is 1.29 bits per heavy atom. The largest absolute Gasteiger partial charge is 0.312 e. The van der Waals surface area contributed by atoms with Crippen molar-refractivity contribution in [2.75, 3.05) is 13.1 Å². The van der Waals surface area contributed by atoms with Crippen LogP contribution in [0.25, 0.3) is 0 Å². The summed E-state index contributed by atoms with van der Waals surface area (Å²) in [4.78, 5) is 2.55. The maximum atomic E-state index is 8.92. The molecule has 0 radical (unpaired) electrons. The van der Waals surface area contributed by atoms with Crippen LogP contribution in [0.5, 0.6) is 0 Å². The van der Waals surface area contributed by atoms with Crippen LogP contribution in [0, 0.1) is 11.3 Å². The van der Waals surface area contributed by atoms with Crippen molar-refractivity contribution in [2.24, 2.45) is 0 Å². The predicted octanol–water partition coefficient (Wildman–Crippen LogP) is 3.32. The van der Waals surface area contributed by atoms with Gasteiger partial charge in [-0.3, -0.25) is 4.90 Å². The molecule has 1 N–H and O–H groups in total. The SMILES string of the molecule is N#Cc1ccc(CN2CCCCC2CNC2CC2)c(Cl)c1. The summed E-state index contributed by atoms with van der Waals surface area (Å²) in [6.45, 7) is 3.13. The fourth-order valence-electron chi connectivity index (χ4n) is 3.05. The average Bonchev–Trinajstić information content (AvgIpc) is 3.32. The van der Waals surface area contributed by atoms with Crippen LogP contribution in [0.15, 0.2) is 18.2 Å². The third kappa shape index (κ3) is 3.97. The quantitative estimate of drug-likeness (QED) is 0.907. The number of nitriles is 1. The summed E-state index contributed by atoms with van der Waals surface area (Å²) in [5.74, 6) is 0.